The molecule has 0 unspecified atom stereocenters. The Balaban J connectivity index is 1.48. The molecule has 0 atom stereocenters. The third-order valence-electron chi connectivity index (χ3n) is 3.35. The van der Waals surface area contributed by atoms with E-state index in [0.29, 0.717) is 30.3 Å². The molecule has 6 nitrogen and oxygen atoms in total. The van der Waals surface area contributed by atoms with Gasteiger partial charge in [-0.2, -0.15) is 16.6 Å². The number of nitrogens with one attached hydrogen (secondary N) is 1. The van der Waals surface area contributed by atoms with Crippen LogP contribution in [0.25, 0.3) is 11.5 Å². The standard InChI is InChI=1S/C17H14N4O2S/c18-9-12-2-1-3-13(8-12)10-19-15(22)4-5-16-20-21-17(23-16)14-6-7-24-11-14/h1-3,6-8,11H,4-5,10H2,(H,19,22). The Morgan fingerprint density at radius 2 is 2.25 bits per heavy atom. The Morgan fingerprint density at radius 3 is 3.04 bits per heavy atom. The number of thiophene rings is 1. The van der Waals surface area contributed by atoms with Gasteiger partial charge in [0.2, 0.25) is 17.7 Å². The van der Waals surface area contributed by atoms with E-state index in [-0.39, 0.29) is 12.3 Å². The molecule has 0 saturated carbocycles. The summed E-state index contributed by atoms with van der Waals surface area (Å²) < 4.78 is 5.54. The highest BCUT2D eigenvalue weighted by atomic mass is 32.1. The first-order chi connectivity index (χ1) is 11.7. The minimum Gasteiger partial charge on any atom is -0.421 e. The summed E-state index contributed by atoms with van der Waals surface area (Å²) >= 11 is 1.56. The molecule has 2 heterocycles. The Hall–Kier alpha value is -2.98. The van der Waals surface area contributed by atoms with Gasteiger partial charge in [0.1, 0.15) is 0 Å². The summed E-state index contributed by atoms with van der Waals surface area (Å²) in [5, 5.41) is 23.5. The minimum atomic E-state index is -0.104. The second-order valence-electron chi connectivity index (χ2n) is 5.10. The van der Waals surface area contributed by atoms with Crippen molar-refractivity contribution in [3.63, 3.8) is 0 Å². The van der Waals surface area contributed by atoms with Crippen molar-refractivity contribution in [1.82, 2.24) is 15.5 Å². The zero-order valence-electron chi connectivity index (χ0n) is 12.7. The number of amides is 1. The van der Waals surface area contributed by atoms with Gasteiger partial charge in [0.05, 0.1) is 11.6 Å². The van der Waals surface area contributed by atoms with Crippen molar-refractivity contribution < 1.29 is 9.21 Å². The SMILES string of the molecule is N#Cc1cccc(CNC(=O)CCc2nnc(-c3ccsc3)o2)c1. The molecule has 0 saturated heterocycles. The number of hydrogen-bond donors (Lipinski definition) is 1. The average Bonchev–Trinajstić information content (AvgIpc) is 3.29. The molecule has 3 rings (SSSR count). The number of aryl methyl sites for hydroxylation is 1. The van der Waals surface area contributed by atoms with E-state index >= 15 is 0 Å². The molecule has 3 aromatic rings. The second kappa shape index (κ2) is 7.53. The second-order valence-corrected chi connectivity index (χ2v) is 5.88. The van der Waals surface area contributed by atoms with Gasteiger partial charge in [-0.15, -0.1) is 10.2 Å². The molecule has 120 valence electrons. The van der Waals surface area contributed by atoms with Gasteiger partial charge in [0.15, 0.2) is 0 Å². The molecular formula is C17H14N4O2S. The van der Waals surface area contributed by atoms with Crippen molar-refractivity contribution in [2.45, 2.75) is 19.4 Å². The number of carbonyl (C=O) groups excluding carboxylic acids is 1. The summed E-state index contributed by atoms with van der Waals surface area (Å²) in [4.78, 5) is 11.9. The summed E-state index contributed by atoms with van der Waals surface area (Å²) in [7, 11) is 0. The van der Waals surface area contributed by atoms with Gasteiger partial charge in [-0.05, 0) is 29.1 Å². The fraction of sp³-hybridized carbons (Fsp3) is 0.176. The van der Waals surface area contributed by atoms with Crippen LogP contribution in [-0.2, 0) is 17.8 Å². The first kappa shape index (κ1) is 15.9. The topological polar surface area (TPSA) is 91.8 Å². The molecular weight excluding hydrogens is 324 g/mol. The first-order valence-electron chi connectivity index (χ1n) is 7.35. The maximum Gasteiger partial charge on any atom is 0.248 e. The van der Waals surface area contributed by atoms with Crippen LogP contribution in [0, 0.1) is 11.3 Å². The Labute approximate surface area is 142 Å². The first-order valence-corrected chi connectivity index (χ1v) is 8.29. The summed E-state index contributed by atoms with van der Waals surface area (Å²) in [6.45, 7) is 0.387. The van der Waals surface area contributed by atoms with E-state index in [4.69, 9.17) is 9.68 Å². The van der Waals surface area contributed by atoms with Gasteiger partial charge in [-0.1, -0.05) is 12.1 Å². The molecule has 7 heteroatoms. The Morgan fingerprint density at radius 1 is 1.33 bits per heavy atom. The lowest BCUT2D eigenvalue weighted by Gasteiger charge is -2.04. The number of benzene rings is 1. The summed E-state index contributed by atoms with van der Waals surface area (Å²) in [6.07, 6.45) is 0.657. The fourth-order valence-electron chi connectivity index (χ4n) is 2.12. The van der Waals surface area contributed by atoms with Crippen LogP contribution in [0.3, 0.4) is 0 Å². The lowest BCUT2D eigenvalue weighted by Crippen LogP contribution is -2.23. The van der Waals surface area contributed by atoms with Crippen LogP contribution in [-0.4, -0.2) is 16.1 Å². The van der Waals surface area contributed by atoms with Crippen LogP contribution >= 0.6 is 11.3 Å². The van der Waals surface area contributed by atoms with Gasteiger partial charge in [-0.25, -0.2) is 0 Å². The maximum absolute atomic E-state index is 11.9. The normalized spacial score (nSPS) is 10.3. The fourth-order valence-corrected chi connectivity index (χ4v) is 2.75. The van der Waals surface area contributed by atoms with Gasteiger partial charge >= 0.3 is 0 Å². The predicted octanol–water partition coefficient (Wildman–Crippen LogP) is 2.92. The van der Waals surface area contributed by atoms with Gasteiger partial charge in [0, 0.05) is 30.3 Å². The molecule has 0 aliphatic carbocycles. The van der Waals surface area contributed by atoms with Crippen molar-refractivity contribution in [3.8, 4) is 17.5 Å². The smallest absolute Gasteiger partial charge is 0.248 e. The quantitative estimate of drug-likeness (QED) is 0.746. The summed E-state index contributed by atoms with van der Waals surface area (Å²) in [5.74, 6) is 0.811. The van der Waals surface area contributed by atoms with E-state index in [2.05, 4.69) is 21.6 Å². The highest BCUT2D eigenvalue weighted by Crippen LogP contribution is 2.20. The number of hydrogen-bond acceptors (Lipinski definition) is 6. The molecule has 24 heavy (non-hydrogen) atoms. The number of rotatable bonds is 6. The molecule has 0 radical (unpaired) electrons. The van der Waals surface area contributed by atoms with Crippen molar-refractivity contribution >= 4 is 17.2 Å². The predicted molar refractivity (Wildman–Crippen MR) is 88.9 cm³/mol. The summed E-state index contributed by atoms with van der Waals surface area (Å²) in [5.41, 5.74) is 2.36. The Bertz CT molecular complexity index is 865. The molecule has 0 aliphatic heterocycles. The van der Waals surface area contributed by atoms with Crippen LogP contribution in [0.5, 0.6) is 0 Å². The monoisotopic (exact) mass is 338 g/mol. The molecule has 1 amide bonds. The van der Waals surface area contributed by atoms with Crippen LogP contribution in [0.2, 0.25) is 0 Å². The zero-order valence-corrected chi connectivity index (χ0v) is 13.5. The van der Waals surface area contributed by atoms with E-state index < -0.39 is 0 Å². The molecule has 1 N–H and O–H groups in total. The molecule has 1 aromatic carbocycles. The third-order valence-corrected chi connectivity index (χ3v) is 4.03. The van der Waals surface area contributed by atoms with E-state index in [9.17, 15) is 4.79 Å². The molecule has 0 spiro atoms. The molecule has 0 aliphatic rings. The van der Waals surface area contributed by atoms with Crippen LogP contribution in [0.1, 0.15) is 23.4 Å². The van der Waals surface area contributed by atoms with Crippen molar-refractivity contribution in [2.75, 3.05) is 0 Å². The largest absolute Gasteiger partial charge is 0.421 e. The van der Waals surface area contributed by atoms with E-state index in [1.807, 2.05) is 22.9 Å². The molecule has 0 fully saturated rings. The minimum absolute atomic E-state index is 0.104. The Kier molecular flexibility index (Phi) is 4.99. The number of nitrogens with zero attached hydrogens (tertiary/aromatic N) is 3. The zero-order chi connectivity index (χ0) is 16.8. The maximum atomic E-state index is 11.9. The molecule has 0 bridgehead atoms. The van der Waals surface area contributed by atoms with E-state index in [1.54, 1.807) is 29.5 Å². The van der Waals surface area contributed by atoms with E-state index in [1.165, 1.54) is 0 Å². The highest BCUT2D eigenvalue weighted by Gasteiger charge is 2.10. The molecule has 2 aromatic heterocycles. The van der Waals surface area contributed by atoms with Gasteiger partial charge in [0.25, 0.3) is 0 Å². The number of carbonyl (C=O) groups is 1. The van der Waals surface area contributed by atoms with Crippen molar-refractivity contribution in [1.29, 1.82) is 5.26 Å². The van der Waals surface area contributed by atoms with Crippen LogP contribution in [0.15, 0.2) is 45.5 Å². The lowest BCUT2D eigenvalue weighted by molar-refractivity contribution is -0.121. The van der Waals surface area contributed by atoms with Crippen LogP contribution < -0.4 is 5.32 Å². The number of nitriles is 1. The van der Waals surface area contributed by atoms with Crippen molar-refractivity contribution in [3.05, 3.63) is 58.1 Å². The van der Waals surface area contributed by atoms with E-state index in [0.717, 1.165) is 11.1 Å². The number of aromatic nitrogens is 2. The highest BCUT2D eigenvalue weighted by molar-refractivity contribution is 7.08. The van der Waals surface area contributed by atoms with Gasteiger partial charge in [-0.3, -0.25) is 4.79 Å². The third kappa shape index (κ3) is 4.06. The van der Waals surface area contributed by atoms with Crippen LogP contribution in [0.4, 0.5) is 0 Å². The van der Waals surface area contributed by atoms with Gasteiger partial charge < -0.3 is 9.73 Å². The average molecular weight is 338 g/mol. The lowest BCUT2D eigenvalue weighted by atomic mass is 10.1. The summed E-state index contributed by atoms with van der Waals surface area (Å²) in [6, 6.07) is 11.1. The van der Waals surface area contributed by atoms with Crippen molar-refractivity contribution in [2.24, 2.45) is 0 Å².